The fourth-order valence-corrected chi connectivity index (χ4v) is 6.82. The Kier molecular flexibility index (Phi) is 8.39. The maximum atomic E-state index is 12.8. The van der Waals surface area contributed by atoms with E-state index in [2.05, 4.69) is 24.5 Å². The third-order valence-corrected chi connectivity index (χ3v) is 8.79. The quantitative estimate of drug-likeness (QED) is 0.272. The Morgan fingerprint density at radius 3 is 2.53 bits per heavy atom. The Bertz CT molecular complexity index is 815. The molecule has 36 heavy (non-hydrogen) atoms. The van der Waals surface area contributed by atoms with Crippen LogP contribution in [0.4, 0.5) is 0 Å². The van der Waals surface area contributed by atoms with Gasteiger partial charge in [-0.2, -0.15) is 0 Å². The molecule has 9 atom stereocenters. The van der Waals surface area contributed by atoms with Gasteiger partial charge in [0.25, 0.3) is 0 Å². The van der Waals surface area contributed by atoms with Crippen LogP contribution in [0.2, 0.25) is 0 Å². The lowest BCUT2D eigenvalue weighted by Gasteiger charge is -2.60. The van der Waals surface area contributed by atoms with E-state index in [-0.39, 0.29) is 61.0 Å². The number of nitrogens with one attached hydrogen (secondary N) is 2. The lowest BCUT2D eigenvalue weighted by molar-refractivity contribution is -0.570. The normalized spacial score (nSPS) is 40.2. The van der Waals surface area contributed by atoms with Crippen molar-refractivity contribution >= 4 is 18.9 Å². The van der Waals surface area contributed by atoms with Gasteiger partial charge >= 0.3 is 7.12 Å². The van der Waals surface area contributed by atoms with Gasteiger partial charge in [-0.1, -0.05) is 27.7 Å². The number of hydrogen-bond acceptors (Lipinski definition) is 8. The molecule has 5 rings (SSSR count). The fourth-order valence-electron chi connectivity index (χ4n) is 6.82. The molecule has 10 nitrogen and oxygen atoms in total. The first kappa shape index (κ1) is 27.8. The summed E-state index contributed by atoms with van der Waals surface area (Å²) < 4.78 is 12.8. The highest BCUT2D eigenvalue weighted by Crippen LogP contribution is 2.60. The summed E-state index contributed by atoms with van der Waals surface area (Å²) in [4.78, 5) is 37.0. The highest BCUT2D eigenvalue weighted by Gasteiger charge is 2.69. The van der Waals surface area contributed by atoms with Crippen LogP contribution in [0.25, 0.3) is 0 Å². The first-order chi connectivity index (χ1) is 16.9. The zero-order valence-corrected chi connectivity index (χ0v) is 22.2. The topological polar surface area (TPSA) is 136 Å². The lowest BCUT2D eigenvalue weighted by atomic mass is 9.57. The maximum Gasteiger partial charge on any atom is 0.475 e. The first-order valence-corrected chi connectivity index (χ1v) is 13.6. The molecule has 0 radical (unpaired) electrons. The minimum absolute atomic E-state index is 0.0503. The van der Waals surface area contributed by atoms with Gasteiger partial charge in [-0.15, -0.1) is 0 Å². The second kappa shape index (κ2) is 10.9. The van der Waals surface area contributed by atoms with Gasteiger partial charge in [0.15, 0.2) is 11.9 Å². The maximum absolute atomic E-state index is 12.8. The van der Waals surface area contributed by atoms with Crippen molar-refractivity contribution in [2.45, 2.75) is 109 Å². The van der Waals surface area contributed by atoms with Crippen molar-refractivity contribution in [3.05, 3.63) is 0 Å². The van der Waals surface area contributed by atoms with Crippen molar-refractivity contribution in [1.29, 1.82) is 0 Å². The molecule has 204 valence electrons. The molecule has 4 heterocycles. The Morgan fingerprint density at radius 2 is 1.83 bits per heavy atom. The zero-order chi connectivity index (χ0) is 26.3. The van der Waals surface area contributed by atoms with Crippen molar-refractivity contribution in [2.75, 3.05) is 6.54 Å². The minimum Gasteiger partial charge on any atom is -0.426 e. The molecule has 0 aromatic heterocycles. The minimum atomic E-state index is -1.63. The zero-order valence-electron chi connectivity index (χ0n) is 22.2. The van der Waals surface area contributed by atoms with E-state index < -0.39 is 30.7 Å². The van der Waals surface area contributed by atoms with Crippen molar-refractivity contribution in [3.8, 4) is 0 Å². The number of rotatable bonds is 9. The molecule has 5 fully saturated rings. The average Bonchev–Trinajstić information content (AvgIpc) is 3.02. The van der Waals surface area contributed by atoms with Crippen molar-refractivity contribution in [2.24, 2.45) is 29.6 Å². The number of carbonyl (C=O) groups is 2. The lowest BCUT2D eigenvalue weighted by Crippen LogP contribution is -2.70. The number of hydrogen-bond donors (Lipinski definition) is 4. The van der Waals surface area contributed by atoms with Gasteiger partial charge in [-0.3, -0.25) is 9.59 Å². The van der Waals surface area contributed by atoms with Gasteiger partial charge in [0.2, 0.25) is 17.6 Å². The van der Waals surface area contributed by atoms with Crippen molar-refractivity contribution < 1.29 is 38.9 Å². The van der Waals surface area contributed by atoms with E-state index in [1.807, 2.05) is 20.8 Å². The highest BCUT2D eigenvalue weighted by atomic mass is 17.3. The van der Waals surface area contributed by atoms with E-state index in [1.165, 1.54) is 0 Å². The van der Waals surface area contributed by atoms with Gasteiger partial charge < -0.3 is 30.2 Å². The summed E-state index contributed by atoms with van der Waals surface area (Å²) in [6.07, 6.45) is 3.51. The molecular weight excluding hydrogens is 467 g/mol. The van der Waals surface area contributed by atoms with Gasteiger partial charge in [0, 0.05) is 25.3 Å². The smallest absolute Gasteiger partial charge is 0.426 e. The van der Waals surface area contributed by atoms with Crippen molar-refractivity contribution in [3.63, 3.8) is 0 Å². The molecule has 0 unspecified atom stereocenters. The van der Waals surface area contributed by atoms with E-state index in [4.69, 9.17) is 19.2 Å². The molecule has 1 aliphatic carbocycles. The SMILES string of the molecule is CC(C)C[C@H](NC(=O)CCNC(=O)C[C@H]1O[C@@H]2O[C@@]3(C)CC[C@H]4[C@H](C)CC[C@@H]([C@H]1C)[C@@]24OO3)B(O)O. The van der Waals surface area contributed by atoms with Crippen LogP contribution < -0.4 is 10.6 Å². The van der Waals surface area contributed by atoms with E-state index in [0.29, 0.717) is 12.3 Å². The Labute approximate surface area is 214 Å². The van der Waals surface area contributed by atoms with Crippen LogP contribution >= 0.6 is 0 Å². The van der Waals surface area contributed by atoms with Gasteiger partial charge in [0.05, 0.1) is 18.5 Å². The number of fused-ring (bicyclic) bond motifs is 2. The Morgan fingerprint density at radius 1 is 1.08 bits per heavy atom. The summed E-state index contributed by atoms with van der Waals surface area (Å²) in [5, 5.41) is 24.4. The second-order valence-electron chi connectivity index (χ2n) is 12.0. The second-order valence-corrected chi connectivity index (χ2v) is 12.0. The summed E-state index contributed by atoms with van der Waals surface area (Å²) in [5.41, 5.74) is -0.651. The molecule has 1 spiro atoms. The molecule has 0 aromatic carbocycles. The molecule has 4 saturated heterocycles. The molecule has 2 amide bonds. The number of ether oxygens (including phenoxy) is 2. The van der Waals surface area contributed by atoms with Crippen LogP contribution in [-0.2, 0) is 28.8 Å². The van der Waals surface area contributed by atoms with Crippen molar-refractivity contribution in [1.82, 2.24) is 10.6 Å². The average molecular weight is 510 g/mol. The molecule has 2 bridgehead atoms. The number of carbonyl (C=O) groups excluding carboxylic acids is 2. The molecule has 1 saturated carbocycles. The first-order valence-electron chi connectivity index (χ1n) is 13.6. The molecule has 4 aliphatic heterocycles. The van der Waals surface area contributed by atoms with Crippen LogP contribution in [0, 0.1) is 29.6 Å². The Hall–Kier alpha value is -1.24. The van der Waals surface area contributed by atoms with Crippen LogP contribution in [0.3, 0.4) is 0 Å². The monoisotopic (exact) mass is 510 g/mol. The molecular formula is C25H43BN2O8. The van der Waals surface area contributed by atoms with Gasteiger partial charge in [-0.05, 0) is 56.3 Å². The largest absolute Gasteiger partial charge is 0.475 e. The summed E-state index contributed by atoms with van der Waals surface area (Å²) in [6.45, 7) is 10.3. The van der Waals surface area contributed by atoms with E-state index >= 15 is 0 Å². The summed E-state index contributed by atoms with van der Waals surface area (Å²) >= 11 is 0. The molecule has 5 aliphatic rings. The molecule has 11 heteroatoms. The summed E-state index contributed by atoms with van der Waals surface area (Å²) in [5.74, 6) is -0.940. The van der Waals surface area contributed by atoms with E-state index in [1.54, 1.807) is 0 Å². The van der Waals surface area contributed by atoms with Crippen LogP contribution in [-0.4, -0.2) is 65.2 Å². The van der Waals surface area contributed by atoms with E-state index in [0.717, 1.165) is 25.7 Å². The summed E-state index contributed by atoms with van der Waals surface area (Å²) in [7, 11) is -1.63. The Balaban J connectivity index is 1.33. The fraction of sp³-hybridized carbons (Fsp3) is 0.920. The van der Waals surface area contributed by atoms with Crippen LogP contribution in [0.1, 0.15) is 79.6 Å². The third-order valence-electron chi connectivity index (χ3n) is 8.79. The standard InChI is InChI=1S/C25H43BN2O8/c1-14(2)12-20(26(31)32)28-21(29)9-11-27-22(30)13-19-16(4)18-7-6-15(3)17-8-10-24(5)34-23(33-19)25(17,18)36-35-24/h14-20,23,31-32H,6-13H2,1-5H3,(H,27,30)(H,28,29)/t15-,16-,17+,18+,19-,20+,23-,24-,25-/m1/s1. The van der Waals surface area contributed by atoms with Crippen LogP contribution in [0.15, 0.2) is 0 Å². The van der Waals surface area contributed by atoms with Gasteiger partial charge in [-0.25, -0.2) is 9.78 Å². The van der Waals surface area contributed by atoms with E-state index in [9.17, 15) is 19.6 Å². The van der Waals surface area contributed by atoms with Gasteiger partial charge in [0.1, 0.15) is 0 Å². The number of amides is 2. The summed E-state index contributed by atoms with van der Waals surface area (Å²) in [6, 6.07) is 0. The molecule has 0 aromatic rings. The predicted molar refractivity (Wildman–Crippen MR) is 131 cm³/mol. The van der Waals surface area contributed by atoms with Crippen LogP contribution in [0.5, 0.6) is 0 Å². The predicted octanol–water partition coefficient (Wildman–Crippen LogP) is 1.68. The highest BCUT2D eigenvalue weighted by molar-refractivity contribution is 6.43. The molecule has 4 N–H and O–H groups in total. The third kappa shape index (κ3) is 5.47.